The van der Waals surface area contributed by atoms with E-state index in [1.54, 1.807) is 12.3 Å². The van der Waals surface area contributed by atoms with Gasteiger partial charge in [0.2, 0.25) is 0 Å². The van der Waals surface area contributed by atoms with Crippen LogP contribution < -0.4 is 5.32 Å². The largest absolute Gasteiger partial charge is 0.329 e. The molecule has 0 radical (unpaired) electrons. The van der Waals surface area contributed by atoms with E-state index in [0.717, 1.165) is 32.5 Å². The Kier molecular flexibility index (Phi) is 3.07. The molecular weight excluding hydrogens is 228 g/mol. The lowest BCUT2D eigenvalue weighted by atomic mass is 9.79. The molecule has 1 aliphatic carbocycles. The van der Waals surface area contributed by atoms with Crippen molar-refractivity contribution < 1.29 is 4.79 Å². The predicted octanol–water partition coefficient (Wildman–Crippen LogP) is 1.16. The lowest BCUT2D eigenvalue weighted by Gasteiger charge is -2.49. The van der Waals surface area contributed by atoms with Gasteiger partial charge in [-0.25, -0.2) is 0 Å². The number of nitrogens with zero attached hydrogens (tertiary/aromatic N) is 2. The van der Waals surface area contributed by atoms with Crippen LogP contribution in [0.5, 0.6) is 0 Å². The molecule has 1 amide bonds. The average Bonchev–Trinajstić information content (AvgIpc) is 2.93. The fourth-order valence-corrected chi connectivity index (χ4v) is 3.34. The third-order valence-electron chi connectivity index (χ3n) is 4.30. The Morgan fingerprint density at radius 2 is 2.17 bits per heavy atom. The van der Waals surface area contributed by atoms with E-state index in [1.807, 2.05) is 0 Å². The smallest absolute Gasteiger partial charge is 0.272 e. The monoisotopic (exact) mass is 248 g/mol. The number of aromatic nitrogens is 2. The summed E-state index contributed by atoms with van der Waals surface area (Å²) < 4.78 is 0. The second-order valence-corrected chi connectivity index (χ2v) is 5.39. The van der Waals surface area contributed by atoms with E-state index in [4.69, 9.17) is 0 Å². The van der Waals surface area contributed by atoms with Gasteiger partial charge < -0.3 is 10.2 Å². The molecule has 1 aliphatic heterocycles. The van der Waals surface area contributed by atoms with E-state index in [-0.39, 0.29) is 11.4 Å². The number of aromatic amines is 1. The number of piperazine rings is 1. The van der Waals surface area contributed by atoms with Gasteiger partial charge in [-0.15, -0.1) is 0 Å². The van der Waals surface area contributed by atoms with Crippen molar-refractivity contribution >= 4 is 5.91 Å². The van der Waals surface area contributed by atoms with Crippen LogP contribution in [0.4, 0.5) is 0 Å². The molecule has 2 aliphatic rings. The highest BCUT2D eigenvalue weighted by Crippen LogP contribution is 2.35. The Hall–Kier alpha value is -1.36. The fraction of sp³-hybridized carbons (Fsp3) is 0.692. The number of carbonyl (C=O) groups excluding carboxylic acids is 1. The van der Waals surface area contributed by atoms with E-state index in [9.17, 15) is 4.79 Å². The maximum Gasteiger partial charge on any atom is 0.272 e. The Balaban J connectivity index is 1.85. The van der Waals surface area contributed by atoms with Crippen LogP contribution in [0.1, 0.15) is 42.6 Å². The minimum Gasteiger partial charge on any atom is -0.329 e. The first-order valence-corrected chi connectivity index (χ1v) is 6.84. The van der Waals surface area contributed by atoms with Crippen LogP contribution in [-0.4, -0.2) is 46.2 Å². The third kappa shape index (κ3) is 1.92. The van der Waals surface area contributed by atoms with Crippen molar-refractivity contribution in [2.24, 2.45) is 0 Å². The Morgan fingerprint density at radius 1 is 1.33 bits per heavy atom. The summed E-state index contributed by atoms with van der Waals surface area (Å²) >= 11 is 0. The zero-order valence-corrected chi connectivity index (χ0v) is 10.6. The van der Waals surface area contributed by atoms with Crippen molar-refractivity contribution in [1.82, 2.24) is 20.4 Å². The summed E-state index contributed by atoms with van der Waals surface area (Å²) in [5.41, 5.74) is 0.653. The summed E-state index contributed by atoms with van der Waals surface area (Å²) in [5.74, 6) is 0.107. The minimum absolute atomic E-state index is 0.0404. The van der Waals surface area contributed by atoms with Crippen molar-refractivity contribution in [3.05, 3.63) is 18.0 Å². The molecule has 18 heavy (non-hydrogen) atoms. The molecule has 1 aromatic heterocycles. The molecule has 0 atom stereocenters. The highest BCUT2D eigenvalue weighted by molar-refractivity contribution is 5.92. The predicted molar refractivity (Wildman–Crippen MR) is 68.3 cm³/mol. The molecule has 3 rings (SSSR count). The van der Waals surface area contributed by atoms with Crippen LogP contribution in [-0.2, 0) is 0 Å². The second kappa shape index (κ2) is 4.72. The fourth-order valence-electron chi connectivity index (χ4n) is 3.34. The first kappa shape index (κ1) is 11.7. The van der Waals surface area contributed by atoms with Crippen molar-refractivity contribution in [1.29, 1.82) is 0 Å². The van der Waals surface area contributed by atoms with E-state index >= 15 is 0 Å². The molecule has 98 valence electrons. The first-order chi connectivity index (χ1) is 8.82. The SMILES string of the molecule is O=C(c1ccn[nH]1)N1CCNCC12CCCCC2. The molecule has 1 aromatic rings. The zero-order valence-electron chi connectivity index (χ0n) is 10.6. The molecule has 0 aromatic carbocycles. The number of H-pyrrole nitrogens is 1. The van der Waals surface area contributed by atoms with E-state index < -0.39 is 0 Å². The van der Waals surface area contributed by atoms with E-state index in [2.05, 4.69) is 20.4 Å². The molecular formula is C13H20N4O. The molecule has 5 nitrogen and oxygen atoms in total. The van der Waals surface area contributed by atoms with Crippen LogP contribution in [0.3, 0.4) is 0 Å². The summed E-state index contributed by atoms with van der Waals surface area (Å²) in [6.07, 6.45) is 7.65. The molecule has 2 heterocycles. The third-order valence-corrected chi connectivity index (χ3v) is 4.30. The lowest BCUT2D eigenvalue weighted by Crippen LogP contribution is -2.63. The second-order valence-electron chi connectivity index (χ2n) is 5.39. The van der Waals surface area contributed by atoms with Gasteiger partial charge in [-0.3, -0.25) is 9.89 Å². The summed E-state index contributed by atoms with van der Waals surface area (Å²) in [5, 5.41) is 10.1. The number of carbonyl (C=O) groups is 1. The average molecular weight is 248 g/mol. The molecule has 1 saturated heterocycles. The van der Waals surface area contributed by atoms with Crippen molar-refractivity contribution in [3.8, 4) is 0 Å². The molecule has 2 N–H and O–H groups in total. The normalized spacial score (nSPS) is 23.2. The van der Waals surface area contributed by atoms with Gasteiger partial charge in [-0.1, -0.05) is 19.3 Å². The van der Waals surface area contributed by atoms with Gasteiger partial charge >= 0.3 is 0 Å². The van der Waals surface area contributed by atoms with Gasteiger partial charge in [0.25, 0.3) is 5.91 Å². The number of hydrogen-bond donors (Lipinski definition) is 2. The Morgan fingerprint density at radius 3 is 2.89 bits per heavy atom. The Labute approximate surface area is 107 Å². The summed E-state index contributed by atoms with van der Waals surface area (Å²) in [4.78, 5) is 14.6. The molecule has 2 fully saturated rings. The van der Waals surface area contributed by atoms with E-state index in [1.165, 1.54) is 19.3 Å². The van der Waals surface area contributed by atoms with Crippen LogP contribution in [0, 0.1) is 0 Å². The van der Waals surface area contributed by atoms with E-state index in [0.29, 0.717) is 5.69 Å². The van der Waals surface area contributed by atoms with Crippen LogP contribution >= 0.6 is 0 Å². The van der Waals surface area contributed by atoms with Crippen molar-refractivity contribution in [3.63, 3.8) is 0 Å². The highest BCUT2D eigenvalue weighted by Gasteiger charge is 2.42. The van der Waals surface area contributed by atoms with Crippen molar-refractivity contribution in [2.45, 2.75) is 37.6 Å². The summed E-state index contributed by atoms with van der Waals surface area (Å²) in [6.45, 7) is 2.63. The minimum atomic E-state index is 0.0404. The molecule has 1 saturated carbocycles. The number of nitrogens with one attached hydrogen (secondary N) is 2. The van der Waals surface area contributed by atoms with Crippen LogP contribution in [0.25, 0.3) is 0 Å². The van der Waals surface area contributed by atoms with Crippen LogP contribution in [0.15, 0.2) is 12.3 Å². The molecule has 1 spiro atoms. The highest BCUT2D eigenvalue weighted by atomic mass is 16.2. The standard InChI is InChI=1S/C13H20N4O/c18-12(11-4-7-15-16-11)17-9-8-14-10-13(17)5-2-1-3-6-13/h4,7,14H,1-3,5-6,8-10H2,(H,15,16). The summed E-state index contributed by atoms with van der Waals surface area (Å²) in [7, 11) is 0. The van der Waals surface area contributed by atoms with Gasteiger partial charge in [0.1, 0.15) is 5.69 Å². The van der Waals surface area contributed by atoms with Gasteiger partial charge in [0.05, 0.1) is 5.54 Å². The van der Waals surface area contributed by atoms with Gasteiger partial charge in [-0.05, 0) is 18.9 Å². The zero-order chi connectivity index (χ0) is 12.4. The quantitative estimate of drug-likeness (QED) is 0.784. The molecule has 0 unspecified atom stereocenters. The summed E-state index contributed by atoms with van der Waals surface area (Å²) in [6, 6.07) is 1.76. The number of hydrogen-bond acceptors (Lipinski definition) is 3. The molecule has 0 bridgehead atoms. The maximum absolute atomic E-state index is 12.6. The lowest BCUT2D eigenvalue weighted by molar-refractivity contribution is 0.0217. The van der Waals surface area contributed by atoms with Gasteiger partial charge in [0, 0.05) is 25.8 Å². The first-order valence-electron chi connectivity index (χ1n) is 6.84. The topological polar surface area (TPSA) is 61.0 Å². The van der Waals surface area contributed by atoms with Gasteiger partial charge in [-0.2, -0.15) is 5.10 Å². The number of amides is 1. The number of rotatable bonds is 1. The van der Waals surface area contributed by atoms with Crippen LogP contribution in [0.2, 0.25) is 0 Å². The maximum atomic E-state index is 12.6. The van der Waals surface area contributed by atoms with Gasteiger partial charge in [0.15, 0.2) is 0 Å². The molecule has 5 heteroatoms. The Bertz CT molecular complexity index is 400. The van der Waals surface area contributed by atoms with Crippen molar-refractivity contribution in [2.75, 3.05) is 19.6 Å².